The molecule has 0 N–H and O–H groups in total. The summed E-state index contributed by atoms with van der Waals surface area (Å²) < 4.78 is 36.7. The normalized spacial score (nSPS) is 11.2. The highest BCUT2D eigenvalue weighted by Crippen LogP contribution is 2.29. The van der Waals surface area contributed by atoms with Crippen LogP contribution in [0.15, 0.2) is 36.9 Å². The van der Waals surface area contributed by atoms with E-state index in [4.69, 9.17) is 0 Å². The lowest BCUT2D eigenvalue weighted by atomic mass is 10.0. The molecule has 0 spiro atoms. The van der Waals surface area contributed by atoms with Gasteiger partial charge in [0, 0.05) is 12.0 Å². The molecule has 1 rings (SSSR count). The highest BCUT2D eigenvalue weighted by Gasteiger charge is 2.30. The van der Waals surface area contributed by atoms with Crippen molar-refractivity contribution in [3.63, 3.8) is 0 Å². The van der Waals surface area contributed by atoms with E-state index in [0.29, 0.717) is 12.0 Å². The third kappa shape index (κ3) is 3.22. The van der Waals surface area contributed by atoms with Crippen LogP contribution in [0.1, 0.15) is 28.8 Å². The van der Waals surface area contributed by atoms with Crippen LogP contribution in [0.4, 0.5) is 13.2 Å². The third-order valence-corrected chi connectivity index (χ3v) is 2.11. The second-order valence-electron chi connectivity index (χ2n) is 3.33. The molecule has 0 bridgehead atoms. The van der Waals surface area contributed by atoms with Crippen LogP contribution in [0, 0.1) is 0 Å². The van der Waals surface area contributed by atoms with Gasteiger partial charge in [0.2, 0.25) is 0 Å². The van der Waals surface area contributed by atoms with Crippen molar-refractivity contribution in [1.82, 2.24) is 0 Å². The van der Waals surface area contributed by atoms with Gasteiger partial charge in [0.1, 0.15) is 0 Å². The zero-order chi connectivity index (χ0) is 12.2. The van der Waals surface area contributed by atoms with Gasteiger partial charge in [-0.2, -0.15) is 13.2 Å². The maximum Gasteiger partial charge on any atom is 0.416 e. The van der Waals surface area contributed by atoms with Gasteiger partial charge in [-0.15, -0.1) is 6.58 Å². The van der Waals surface area contributed by atoms with Gasteiger partial charge in [0.25, 0.3) is 0 Å². The number of benzene rings is 1. The zero-order valence-corrected chi connectivity index (χ0v) is 8.55. The number of carbonyl (C=O) groups is 1. The van der Waals surface area contributed by atoms with E-state index in [1.807, 2.05) is 0 Å². The molecule has 0 aliphatic heterocycles. The van der Waals surface area contributed by atoms with Crippen LogP contribution >= 0.6 is 0 Å². The van der Waals surface area contributed by atoms with Crippen LogP contribution in [0.25, 0.3) is 0 Å². The molecule has 16 heavy (non-hydrogen) atoms. The first-order valence-electron chi connectivity index (χ1n) is 4.76. The predicted molar refractivity (Wildman–Crippen MR) is 55.2 cm³/mol. The summed E-state index contributed by atoms with van der Waals surface area (Å²) in [5.74, 6) is -0.173. The van der Waals surface area contributed by atoms with Gasteiger partial charge in [0.05, 0.1) is 5.56 Å². The molecular formula is C12H11F3O. The monoisotopic (exact) mass is 228 g/mol. The minimum Gasteiger partial charge on any atom is -0.294 e. The van der Waals surface area contributed by atoms with Crippen molar-refractivity contribution in [3.05, 3.63) is 48.0 Å². The Morgan fingerprint density at radius 3 is 2.25 bits per heavy atom. The maximum atomic E-state index is 12.2. The van der Waals surface area contributed by atoms with Gasteiger partial charge in [-0.25, -0.2) is 0 Å². The molecule has 0 aromatic heterocycles. The highest BCUT2D eigenvalue weighted by molar-refractivity contribution is 5.96. The van der Waals surface area contributed by atoms with Crippen molar-refractivity contribution in [2.45, 2.75) is 19.0 Å². The van der Waals surface area contributed by atoms with Crippen molar-refractivity contribution in [2.24, 2.45) is 0 Å². The fourth-order valence-corrected chi connectivity index (χ4v) is 1.22. The molecule has 86 valence electrons. The van der Waals surface area contributed by atoms with Crippen LogP contribution in [-0.2, 0) is 6.18 Å². The van der Waals surface area contributed by atoms with E-state index in [-0.39, 0.29) is 12.2 Å². The topological polar surface area (TPSA) is 17.1 Å². The molecule has 1 nitrogen and oxygen atoms in total. The Morgan fingerprint density at radius 1 is 1.25 bits per heavy atom. The molecule has 0 saturated carbocycles. The SMILES string of the molecule is C=CCCC(=O)c1ccc(C(F)(F)F)cc1. The lowest BCUT2D eigenvalue weighted by Gasteiger charge is -2.06. The number of carbonyl (C=O) groups excluding carboxylic acids is 1. The van der Waals surface area contributed by atoms with E-state index < -0.39 is 11.7 Å². The average molecular weight is 228 g/mol. The number of halogens is 3. The maximum absolute atomic E-state index is 12.2. The molecule has 0 aliphatic rings. The minimum absolute atomic E-state index is 0.173. The lowest BCUT2D eigenvalue weighted by molar-refractivity contribution is -0.137. The second-order valence-corrected chi connectivity index (χ2v) is 3.33. The summed E-state index contributed by atoms with van der Waals surface area (Å²) in [7, 11) is 0. The summed E-state index contributed by atoms with van der Waals surface area (Å²) in [6, 6.07) is 4.24. The summed E-state index contributed by atoms with van der Waals surface area (Å²) in [6.07, 6.45) is -1.96. The summed E-state index contributed by atoms with van der Waals surface area (Å²) in [5.41, 5.74) is -0.442. The standard InChI is InChI=1S/C12H11F3O/c1-2-3-4-11(16)9-5-7-10(8-6-9)12(13,14)15/h2,5-8H,1,3-4H2. The molecule has 0 atom stereocenters. The summed E-state index contributed by atoms with van der Waals surface area (Å²) in [4.78, 5) is 11.4. The molecule has 0 radical (unpaired) electrons. The Labute approximate surface area is 91.6 Å². The second kappa shape index (κ2) is 4.96. The molecule has 0 saturated heterocycles. The van der Waals surface area contributed by atoms with E-state index in [1.165, 1.54) is 12.1 Å². The van der Waals surface area contributed by atoms with E-state index in [0.717, 1.165) is 12.1 Å². The predicted octanol–water partition coefficient (Wildman–Crippen LogP) is 3.85. The van der Waals surface area contributed by atoms with Gasteiger partial charge >= 0.3 is 6.18 Å². The summed E-state index contributed by atoms with van der Waals surface area (Å²) in [5, 5.41) is 0. The Balaban J connectivity index is 2.79. The number of Topliss-reactive ketones (excluding diaryl/α,β-unsaturated/α-hetero) is 1. The van der Waals surface area contributed by atoms with E-state index in [1.54, 1.807) is 6.08 Å². The first-order chi connectivity index (χ1) is 7.45. The summed E-state index contributed by atoms with van der Waals surface area (Å²) in [6.45, 7) is 3.47. The summed E-state index contributed by atoms with van der Waals surface area (Å²) >= 11 is 0. The smallest absolute Gasteiger partial charge is 0.294 e. The molecule has 0 fully saturated rings. The largest absolute Gasteiger partial charge is 0.416 e. The zero-order valence-electron chi connectivity index (χ0n) is 8.55. The Kier molecular flexibility index (Phi) is 3.88. The highest BCUT2D eigenvalue weighted by atomic mass is 19.4. The van der Waals surface area contributed by atoms with E-state index in [2.05, 4.69) is 6.58 Å². The van der Waals surface area contributed by atoms with Crippen molar-refractivity contribution in [1.29, 1.82) is 0 Å². The van der Waals surface area contributed by atoms with Gasteiger partial charge in [-0.1, -0.05) is 18.2 Å². The molecule has 0 amide bonds. The van der Waals surface area contributed by atoms with Crippen LogP contribution < -0.4 is 0 Å². The van der Waals surface area contributed by atoms with Gasteiger partial charge in [0.15, 0.2) is 5.78 Å². The molecule has 1 aromatic carbocycles. The van der Waals surface area contributed by atoms with Gasteiger partial charge in [-0.3, -0.25) is 4.79 Å². The Morgan fingerprint density at radius 2 is 1.81 bits per heavy atom. The van der Waals surface area contributed by atoms with E-state index >= 15 is 0 Å². The fourth-order valence-electron chi connectivity index (χ4n) is 1.22. The van der Waals surface area contributed by atoms with Crippen LogP contribution in [0.5, 0.6) is 0 Å². The number of hydrogen-bond acceptors (Lipinski definition) is 1. The van der Waals surface area contributed by atoms with Gasteiger partial charge < -0.3 is 0 Å². The Hall–Kier alpha value is -1.58. The van der Waals surface area contributed by atoms with Crippen molar-refractivity contribution in [2.75, 3.05) is 0 Å². The lowest BCUT2D eigenvalue weighted by Crippen LogP contribution is -2.05. The first-order valence-corrected chi connectivity index (χ1v) is 4.76. The van der Waals surface area contributed by atoms with Gasteiger partial charge in [-0.05, 0) is 18.6 Å². The molecule has 4 heteroatoms. The van der Waals surface area contributed by atoms with Crippen molar-refractivity contribution < 1.29 is 18.0 Å². The van der Waals surface area contributed by atoms with Crippen molar-refractivity contribution in [3.8, 4) is 0 Å². The van der Waals surface area contributed by atoms with E-state index in [9.17, 15) is 18.0 Å². The average Bonchev–Trinajstić information content (AvgIpc) is 2.25. The molecule has 0 heterocycles. The van der Waals surface area contributed by atoms with Crippen molar-refractivity contribution >= 4 is 5.78 Å². The molecule has 0 aliphatic carbocycles. The third-order valence-electron chi connectivity index (χ3n) is 2.11. The van der Waals surface area contributed by atoms with Crippen LogP contribution in [-0.4, -0.2) is 5.78 Å². The minimum atomic E-state index is -4.36. The number of hydrogen-bond donors (Lipinski definition) is 0. The first kappa shape index (κ1) is 12.5. The van der Waals surface area contributed by atoms with Crippen LogP contribution in [0.3, 0.4) is 0 Å². The van der Waals surface area contributed by atoms with Crippen LogP contribution in [0.2, 0.25) is 0 Å². The molecule has 0 unspecified atom stereocenters. The fraction of sp³-hybridized carbons (Fsp3) is 0.250. The quantitative estimate of drug-likeness (QED) is 0.565. The molecular weight excluding hydrogens is 217 g/mol. The molecule has 1 aromatic rings. The number of allylic oxidation sites excluding steroid dienone is 1. The number of alkyl halides is 3. The number of ketones is 1. The number of rotatable bonds is 4. The Bertz CT molecular complexity index is 376.